The number of halogens is 2. The summed E-state index contributed by atoms with van der Waals surface area (Å²) in [6, 6.07) is 21.1. The number of nitrogens with zero attached hydrogens (tertiary/aromatic N) is 6. The second kappa shape index (κ2) is 17.4. The van der Waals surface area contributed by atoms with E-state index in [9.17, 15) is 19.6 Å². The zero-order valence-electron chi connectivity index (χ0n) is 34.1. The van der Waals surface area contributed by atoms with E-state index < -0.39 is 6.04 Å². The fourth-order valence-electron chi connectivity index (χ4n) is 10.5. The number of hydrogen-bond acceptors (Lipinski definition) is 9. The van der Waals surface area contributed by atoms with Gasteiger partial charge in [-0.1, -0.05) is 17.7 Å². The van der Waals surface area contributed by atoms with Crippen molar-refractivity contribution in [2.45, 2.75) is 69.9 Å². The van der Waals surface area contributed by atoms with Gasteiger partial charge in [-0.15, -0.1) is 0 Å². The van der Waals surface area contributed by atoms with Crippen molar-refractivity contribution in [3.8, 4) is 6.07 Å². The number of benzene rings is 3. The van der Waals surface area contributed by atoms with Gasteiger partial charge in [0.05, 0.1) is 16.3 Å². The van der Waals surface area contributed by atoms with Crippen LogP contribution in [0, 0.1) is 28.0 Å². The molecular weight excluding hydrogens is 767 g/mol. The van der Waals surface area contributed by atoms with Gasteiger partial charge in [0.25, 0.3) is 5.91 Å². The minimum Gasteiger partial charge on any atom is -0.374 e. The van der Waals surface area contributed by atoms with E-state index in [0.29, 0.717) is 53.8 Å². The molecule has 5 aliphatic rings. The number of carbonyl (C=O) groups excluding carboxylic acids is 3. The van der Waals surface area contributed by atoms with E-state index in [2.05, 4.69) is 48.4 Å². The maximum Gasteiger partial charge on any atom is 0.253 e. The summed E-state index contributed by atoms with van der Waals surface area (Å²) >= 11 is 6.32. The quantitative estimate of drug-likeness (QED) is 0.208. The molecule has 3 aromatic carbocycles. The van der Waals surface area contributed by atoms with Crippen LogP contribution in [0.15, 0.2) is 60.7 Å². The Morgan fingerprint density at radius 2 is 1.56 bits per heavy atom. The number of nitrogens with one attached hydrogen (secondary N) is 2. The fraction of sp³-hybridized carbons (Fsp3) is 0.522. The zero-order valence-corrected chi connectivity index (χ0v) is 34.9. The van der Waals surface area contributed by atoms with Crippen LogP contribution in [0.4, 0.5) is 27.1 Å². The van der Waals surface area contributed by atoms with Crippen molar-refractivity contribution < 1.29 is 18.8 Å². The molecule has 2 amide bonds. The first-order valence-corrected chi connectivity index (χ1v) is 21.8. The van der Waals surface area contributed by atoms with Crippen LogP contribution in [0.2, 0.25) is 5.02 Å². The summed E-state index contributed by atoms with van der Waals surface area (Å²) in [5.74, 6) is -0.531. The van der Waals surface area contributed by atoms with Gasteiger partial charge in [-0.2, -0.15) is 5.26 Å². The average molecular weight is 823 g/mol. The lowest BCUT2D eigenvalue weighted by atomic mass is 9.60. The number of likely N-dealkylation sites (tertiary alicyclic amines) is 1. The van der Waals surface area contributed by atoms with Gasteiger partial charge in [0.1, 0.15) is 24.2 Å². The lowest BCUT2D eigenvalue weighted by Gasteiger charge is -2.56. The van der Waals surface area contributed by atoms with Gasteiger partial charge in [0.2, 0.25) is 5.91 Å². The maximum atomic E-state index is 15.7. The van der Waals surface area contributed by atoms with E-state index in [1.807, 2.05) is 35.2 Å². The highest BCUT2D eigenvalue weighted by Gasteiger charge is 2.48. The highest BCUT2D eigenvalue weighted by atomic mass is 35.5. The Bertz CT molecular complexity index is 2060. The molecule has 1 unspecified atom stereocenters. The first-order valence-electron chi connectivity index (χ1n) is 21.4. The number of hydrogen-bond donors (Lipinski definition) is 2. The molecule has 2 N–H and O–H groups in total. The summed E-state index contributed by atoms with van der Waals surface area (Å²) in [6.07, 6.45) is 8.95. The van der Waals surface area contributed by atoms with Crippen LogP contribution in [-0.2, 0) is 9.59 Å². The van der Waals surface area contributed by atoms with E-state index in [0.717, 1.165) is 108 Å². The van der Waals surface area contributed by atoms with Crippen LogP contribution in [-0.4, -0.2) is 112 Å². The standard InChI is InChI=1S/C46H56ClFN8O3/c1-50-43(58)41(6-3-25-57)51-35-4-2-5-36(27-35)52-21-23-53(24-22-52)38-29-46(30-38)14-18-55(19-15-46)44(59)33-8-10-42(40(48)26-33)54-16-11-45(12-17-54)13-20-56(32-45)37-9-7-34(31-49)39(47)28-37/h2,4-5,7-10,25-28,38,41,51H,3,6,11-24,29-30,32H2,1H3,(H,50,58). The van der Waals surface area contributed by atoms with Crippen molar-refractivity contribution in [1.82, 2.24) is 15.1 Å². The molecule has 0 radical (unpaired) electrons. The molecule has 1 aliphatic carbocycles. The number of likely N-dealkylation sites (N-methyl/N-ethyl adjacent to an activating group) is 1. The fourth-order valence-corrected chi connectivity index (χ4v) is 10.7. The third kappa shape index (κ3) is 8.73. The summed E-state index contributed by atoms with van der Waals surface area (Å²) < 4.78 is 15.7. The van der Waals surface area contributed by atoms with Gasteiger partial charge in [-0.05, 0) is 117 Å². The van der Waals surface area contributed by atoms with Gasteiger partial charge in [0.15, 0.2) is 0 Å². The third-order valence-electron chi connectivity index (χ3n) is 14.2. The minimum absolute atomic E-state index is 0.0757. The molecule has 59 heavy (non-hydrogen) atoms. The van der Waals surface area contributed by atoms with Crippen molar-refractivity contribution in [3.63, 3.8) is 0 Å². The van der Waals surface area contributed by atoms with E-state index in [-0.39, 0.29) is 28.5 Å². The van der Waals surface area contributed by atoms with Gasteiger partial charge in [-0.25, -0.2) is 4.39 Å². The molecule has 13 heteroatoms. The number of amides is 2. The summed E-state index contributed by atoms with van der Waals surface area (Å²) in [4.78, 5) is 48.4. The van der Waals surface area contributed by atoms with Crippen molar-refractivity contribution in [2.24, 2.45) is 10.8 Å². The SMILES string of the molecule is CNC(=O)C(CCC=O)Nc1cccc(N2CCN(C3CC4(CCN(C(=O)c5ccc(N6CCC7(CCN(c8ccc(C#N)c(Cl)c8)C7)CC6)c(F)c5)CC4)C3)CC2)c1. The molecule has 1 saturated carbocycles. The largest absolute Gasteiger partial charge is 0.374 e. The second-order valence-corrected chi connectivity index (χ2v) is 18.0. The zero-order chi connectivity index (χ0) is 41.1. The van der Waals surface area contributed by atoms with Crippen molar-refractivity contribution in [2.75, 3.05) is 92.5 Å². The molecule has 5 fully saturated rings. The molecule has 2 spiro atoms. The smallest absolute Gasteiger partial charge is 0.253 e. The minimum atomic E-state index is -0.461. The topological polar surface area (TPSA) is 115 Å². The van der Waals surface area contributed by atoms with Crippen LogP contribution in [0.25, 0.3) is 0 Å². The number of aldehydes is 1. The van der Waals surface area contributed by atoms with Gasteiger partial charge in [-0.3, -0.25) is 14.5 Å². The summed E-state index contributed by atoms with van der Waals surface area (Å²) in [6.45, 7) is 8.70. The van der Waals surface area contributed by atoms with Gasteiger partial charge < -0.3 is 35.0 Å². The first-order chi connectivity index (χ1) is 28.6. The molecule has 4 aliphatic heterocycles. The predicted octanol–water partition coefficient (Wildman–Crippen LogP) is 6.56. The lowest BCUT2D eigenvalue weighted by Crippen LogP contribution is -2.59. The van der Waals surface area contributed by atoms with Crippen LogP contribution in [0.1, 0.15) is 73.7 Å². The molecule has 11 nitrogen and oxygen atoms in total. The summed E-state index contributed by atoms with van der Waals surface area (Å²) in [5.41, 5.74) is 5.00. The Morgan fingerprint density at radius 1 is 0.864 bits per heavy atom. The molecule has 4 heterocycles. The first kappa shape index (κ1) is 40.9. The maximum absolute atomic E-state index is 15.7. The third-order valence-corrected chi connectivity index (χ3v) is 14.5. The lowest BCUT2D eigenvalue weighted by molar-refractivity contribution is -0.121. The summed E-state index contributed by atoms with van der Waals surface area (Å²) in [7, 11) is 1.61. The second-order valence-electron chi connectivity index (χ2n) is 17.6. The van der Waals surface area contributed by atoms with Crippen LogP contribution in [0.5, 0.6) is 0 Å². The van der Waals surface area contributed by atoms with E-state index >= 15 is 4.39 Å². The number of nitriles is 1. The number of anilines is 4. The predicted molar refractivity (Wildman–Crippen MR) is 231 cm³/mol. The molecule has 8 rings (SSSR count). The molecule has 3 aromatic rings. The number of carbonyl (C=O) groups is 3. The molecular formula is C46H56ClFN8O3. The van der Waals surface area contributed by atoms with E-state index in [1.165, 1.54) is 18.9 Å². The molecule has 4 saturated heterocycles. The van der Waals surface area contributed by atoms with Crippen LogP contribution < -0.4 is 25.3 Å². The van der Waals surface area contributed by atoms with Crippen LogP contribution in [0.3, 0.4) is 0 Å². The van der Waals surface area contributed by atoms with E-state index in [1.54, 1.807) is 19.2 Å². The Labute approximate surface area is 352 Å². The summed E-state index contributed by atoms with van der Waals surface area (Å²) in [5, 5.41) is 15.7. The van der Waals surface area contributed by atoms with Crippen molar-refractivity contribution >= 4 is 52.5 Å². The number of rotatable bonds is 11. The molecule has 1 atom stereocenters. The Morgan fingerprint density at radius 3 is 2.22 bits per heavy atom. The monoisotopic (exact) mass is 822 g/mol. The van der Waals surface area contributed by atoms with E-state index in [4.69, 9.17) is 11.6 Å². The number of piperazine rings is 1. The van der Waals surface area contributed by atoms with Crippen LogP contribution >= 0.6 is 11.6 Å². The normalized spacial score (nSPS) is 20.9. The molecule has 312 valence electrons. The van der Waals surface area contributed by atoms with Gasteiger partial charge in [0, 0.05) is 108 Å². The van der Waals surface area contributed by atoms with Crippen molar-refractivity contribution in [1.29, 1.82) is 5.26 Å². The number of piperidine rings is 2. The molecule has 0 bridgehead atoms. The van der Waals surface area contributed by atoms with Crippen molar-refractivity contribution in [3.05, 3.63) is 82.6 Å². The Balaban J connectivity index is 0.774. The highest BCUT2D eigenvalue weighted by Crippen LogP contribution is 2.51. The average Bonchev–Trinajstić information content (AvgIpc) is 3.67. The van der Waals surface area contributed by atoms with Gasteiger partial charge >= 0.3 is 0 Å². The Kier molecular flexibility index (Phi) is 12.1. The molecule has 0 aromatic heterocycles. The highest BCUT2D eigenvalue weighted by molar-refractivity contribution is 6.32. The Hall–Kier alpha value is -4.86.